The lowest BCUT2D eigenvalue weighted by Crippen LogP contribution is -2.39. The highest BCUT2D eigenvalue weighted by molar-refractivity contribution is 14.0. The molecule has 1 fully saturated rings. The van der Waals surface area contributed by atoms with Crippen molar-refractivity contribution < 1.29 is 9.53 Å². The number of amides is 1. The number of hydrogen-bond acceptors (Lipinski definition) is 3. The predicted molar refractivity (Wildman–Crippen MR) is 117 cm³/mol. The van der Waals surface area contributed by atoms with Crippen molar-refractivity contribution in [1.82, 2.24) is 16.0 Å². The first-order chi connectivity index (χ1) is 12.1. The van der Waals surface area contributed by atoms with E-state index in [1.54, 1.807) is 7.11 Å². The second kappa shape index (κ2) is 12.0. The lowest BCUT2D eigenvalue weighted by molar-refractivity contribution is -0.119. The largest absolute Gasteiger partial charge is 0.497 e. The molecule has 1 amide bonds. The normalized spacial score (nSPS) is 14.8. The van der Waals surface area contributed by atoms with E-state index >= 15 is 0 Å². The van der Waals surface area contributed by atoms with Crippen LogP contribution in [-0.4, -0.2) is 44.7 Å². The van der Waals surface area contributed by atoms with Crippen molar-refractivity contribution in [3.63, 3.8) is 0 Å². The van der Waals surface area contributed by atoms with E-state index in [1.807, 2.05) is 19.1 Å². The fourth-order valence-electron chi connectivity index (χ4n) is 2.50. The molecular formula is C19H31IN4O2. The number of benzene rings is 1. The van der Waals surface area contributed by atoms with Crippen LogP contribution in [0.3, 0.4) is 0 Å². The second-order valence-electron chi connectivity index (χ2n) is 6.43. The van der Waals surface area contributed by atoms with Crippen molar-refractivity contribution in [3.8, 4) is 5.75 Å². The standard InChI is InChI=1S/C19H30N4O2.HI/c1-4-20-19(22-13-18(24)23-16-7-8-16)21-12-11-14(2)15-5-9-17(25-3)10-6-15;/h5-6,9-10,14,16H,4,7-8,11-13H2,1-3H3,(H,23,24)(H2,20,21,22);1H. The van der Waals surface area contributed by atoms with Gasteiger partial charge < -0.3 is 20.7 Å². The molecule has 146 valence electrons. The Hall–Kier alpha value is -1.51. The van der Waals surface area contributed by atoms with Gasteiger partial charge in [0.1, 0.15) is 12.3 Å². The molecular weight excluding hydrogens is 443 g/mol. The van der Waals surface area contributed by atoms with Gasteiger partial charge in [0.15, 0.2) is 5.96 Å². The number of nitrogens with one attached hydrogen (secondary N) is 3. The fraction of sp³-hybridized carbons (Fsp3) is 0.579. The third kappa shape index (κ3) is 8.25. The summed E-state index contributed by atoms with van der Waals surface area (Å²) >= 11 is 0. The average molecular weight is 474 g/mol. The lowest BCUT2D eigenvalue weighted by atomic mass is 9.98. The Bertz CT molecular complexity index is 573. The first kappa shape index (κ1) is 22.5. The molecule has 0 aliphatic heterocycles. The second-order valence-corrected chi connectivity index (χ2v) is 6.43. The minimum absolute atomic E-state index is 0. The van der Waals surface area contributed by atoms with Crippen molar-refractivity contribution in [2.24, 2.45) is 4.99 Å². The Morgan fingerprint density at radius 1 is 1.27 bits per heavy atom. The number of carbonyl (C=O) groups excluding carboxylic acids is 1. The molecule has 1 aromatic rings. The van der Waals surface area contributed by atoms with Crippen LogP contribution in [-0.2, 0) is 4.79 Å². The van der Waals surface area contributed by atoms with Crippen molar-refractivity contribution >= 4 is 35.8 Å². The molecule has 7 heteroatoms. The summed E-state index contributed by atoms with van der Waals surface area (Å²) in [6, 6.07) is 8.56. The predicted octanol–water partition coefficient (Wildman–Crippen LogP) is 2.64. The molecule has 1 aliphatic rings. The summed E-state index contributed by atoms with van der Waals surface area (Å²) in [5.41, 5.74) is 1.29. The molecule has 1 saturated carbocycles. The van der Waals surface area contributed by atoms with Crippen LogP contribution in [0.25, 0.3) is 0 Å². The first-order valence-electron chi connectivity index (χ1n) is 9.07. The van der Waals surface area contributed by atoms with Gasteiger partial charge in [0, 0.05) is 19.1 Å². The minimum atomic E-state index is -0.00805. The highest BCUT2D eigenvalue weighted by atomic mass is 127. The number of halogens is 1. The van der Waals surface area contributed by atoms with Crippen LogP contribution in [0, 0.1) is 0 Å². The van der Waals surface area contributed by atoms with E-state index < -0.39 is 0 Å². The third-order valence-corrected chi connectivity index (χ3v) is 4.22. The highest BCUT2D eigenvalue weighted by Gasteiger charge is 2.22. The van der Waals surface area contributed by atoms with E-state index in [1.165, 1.54) is 5.56 Å². The Labute approximate surface area is 173 Å². The average Bonchev–Trinajstić information content (AvgIpc) is 3.43. The number of nitrogens with zero attached hydrogens (tertiary/aromatic N) is 1. The summed E-state index contributed by atoms with van der Waals surface area (Å²) in [7, 11) is 1.68. The molecule has 3 N–H and O–H groups in total. The molecule has 0 bridgehead atoms. The van der Waals surface area contributed by atoms with Crippen LogP contribution in [0.1, 0.15) is 44.6 Å². The van der Waals surface area contributed by atoms with E-state index in [0.29, 0.717) is 17.9 Å². The minimum Gasteiger partial charge on any atom is -0.497 e. The molecule has 26 heavy (non-hydrogen) atoms. The Morgan fingerprint density at radius 3 is 2.54 bits per heavy atom. The number of ether oxygens (including phenoxy) is 1. The van der Waals surface area contributed by atoms with Gasteiger partial charge in [-0.1, -0.05) is 19.1 Å². The molecule has 0 saturated heterocycles. The molecule has 6 nitrogen and oxygen atoms in total. The molecule has 0 aromatic heterocycles. The van der Waals surface area contributed by atoms with Gasteiger partial charge in [-0.25, -0.2) is 4.99 Å². The zero-order valence-electron chi connectivity index (χ0n) is 15.9. The van der Waals surface area contributed by atoms with Crippen molar-refractivity contribution in [2.75, 3.05) is 26.7 Å². The summed E-state index contributed by atoms with van der Waals surface area (Å²) < 4.78 is 5.19. The van der Waals surface area contributed by atoms with Gasteiger partial charge in [-0.05, 0) is 49.8 Å². The maximum atomic E-state index is 11.7. The maximum absolute atomic E-state index is 11.7. The topological polar surface area (TPSA) is 74.8 Å². The van der Waals surface area contributed by atoms with Crippen LogP contribution in [0.5, 0.6) is 5.75 Å². The van der Waals surface area contributed by atoms with Crippen molar-refractivity contribution in [3.05, 3.63) is 29.8 Å². The SMILES string of the molecule is CCNC(=NCC(=O)NC1CC1)NCCC(C)c1ccc(OC)cc1.I. The number of rotatable bonds is 9. The van der Waals surface area contributed by atoms with E-state index in [-0.39, 0.29) is 36.4 Å². The number of carbonyl (C=O) groups is 1. The van der Waals surface area contributed by atoms with Crippen LogP contribution in [0.15, 0.2) is 29.3 Å². The molecule has 0 heterocycles. The van der Waals surface area contributed by atoms with Gasteiger partial charge in [-0.15, -0.1) is 24.0 Å². The van der Waals surface area contributed by atoms with E-state index in [9.17, 15) is 4.79 Å². The Morgan fingerprint density at radius 2 is 1.96 bits per heavy atom. The lowest BCUT2D eigenvalue weighted by Gasteiger charge is -2.15. The third-order valence-electron chi connectivity index (χ3n) is 4.22. The van der Waals surface area contributed by atoms with Crippen molar-refractivity contribution in [1.29, 1.82) is 0 Å². The van der Waals surface area contributed by atoms with E-state index in [4.69, 9.17) is 4.74 Å². The number of hydrogen-bond donors (Lipinski definition) is 3. The maximum Gasteiger partial charge on any atom is 0.242 e. The van der Waals surface area contributed by atoms with Gasteiger partial charge in [0.05, 0.1) is 7.11 Å². The molecule has 0 spiro atoms. The number of aliphatic imine (C=N–C) groups is 1. The quantitative estimate of drug-likeness (QED) is 0.292. The van der Waals surface area contributed by atoms with Gasteiger partial charge in [-0.3, -0.25) is 4.79 Å². The smallest absolute Gasteiger partial charge is 0.242 e. The monoisotopic (exact) mass is 474 g/mol. The summed E-state index contributed by atoms with van der Waals surface area (Å²) in [5.74, 6) is 1.99. The van der Waals surface area contributed by atoms with E-state index in [0.717, 1.165) is 38.1 Å². The zero-order chi connectivity index (χ0) is 18.1. The molecule has 0 radical (unpaired) electrons. The highest BCUT2D eigenvalue weighted by Crippen LogP contribution is 2.21. The molecule has 1 unspecified atom stereocenters. The molecule has 1 aromatic carbocycles. The van der Waals surface area contributed by atoms with Crippen LogP contribution in [0.2, 0.25) is 0 Å². The van der Waals surface area contributed by atoms with Crippen molar-refractivity contribution in [2.45, 2.75) is 45.1 Å². The Balaban J connectivity index is 0.00000338. The number of guanidine groups is 1. The Kier molecular flexibility index (Phi) is 10.4. The molecule has 1 atom stereocenters. The fourth-order valence-corrected chi connectivity index (χ4v) is 2.50. The van der Waals surface area contributed by atoms with E-state index in [2.05, 4.69) is 40.0 Å². The van der Waals surface area contributed by atoms with Gasteiger partial charge in [-0.2, -0.15) is 0 Å². The van der Waals surface area contributed by atoms with Crippen LogP contribution in [0.4, 0.5) is 0 Å². The molecule has 2 rings (SSSR count). The summed E-state index contributed by atoms with van der Waals surface area (Å²) in [5, 5.41) is 9.42. The summed E-state index contributed by atoms with van der Waals surface area (Å²) in [4.78, 5) is 16.1. The summed E-state index contributed by atoms with van der Waals surface area (Å²) in [6.07, 6.45) is 3.17. The first-order valence-corrected chi connectivity index (χ1v) is 9.07. The van der Waals surface area contributed by atoms with Gasteiger partial charge in [0.2, 0.25) is 5.91 Å². The number of methoxy groups -OCH3 is 1. The van der Waals surface area contributed by atoms with Crippen LogP contribution >= 0.6 is 24.0 Å². The van der Waals surface area contributed by atoms with Gasteiger partial charge >= 0.3 is 0 Å². The van der Waals surface area contributed by atoms with Gasteiger partial charge in [0.25, 0.3) is 0 Å². The summed E-state index contributed by atoms with van der Waals surface area (Å²) in [6.45, 7) is 5.95. The van der Waals surface area contributed by atoms with Crippen LogP contribution < -0.4 is 20.7 Å². The zero-order valence-corrected chi connectivity index (χ0v) is 18.2. The molecule has 1 aliphatic carbocycles.